The molecule has 0 aliphatic heterocycles. The SMILES string of the molecule is Nc1cccc(OC2CC2)c1C(=O)O. The van der Waals surface area contributed by atoms with Gasteiger partial charge in [0, 0.05) is 5.69 Å². The summed E-state index contributed by atoms with van der Waals surface area (Å²) in [5.41, 5.74) is 5.87. The van der Waals surface area contributed by atoms with E-state index in [9.17, 15) is 4.79 Å². The Hall–Kier alpha value is -1.71. The van der Waals surface area contributed by atoms with E-state index >= 15 is 0 Å². The molecule has 0 atom stereocenters. The largest absolute Gasteiger partial charge is 0.489 e. The zero-order chi connectivity index (χ0) is 10.1. The zero-order valence-electron chi connectivity index (χ0n) is 7.56. The molecule has 0 bridgehead atoms. The summed E-state index contributed by atoms with van der Waals surface area (Å²) in [4.78, 5) is 10.9. The second-order valence-corrected chi connectivity index (χ2v) is 3.34. The van der Waals surface area contributed by atoms with Crippen LogP contribution in [0.2, 0.25) is 0 Å². The van der Waals surface area contributed by atoms with Crippen molar-refractivity contribution in [3.8, 4) is 5.75 Å². The average molecular weight is 193 g/mol. The van der Waals surface area contributed by atoms with Gasteiger partial charge in [0.15, 0.2) is 0 Å². The summed E-state index contributed by atoms with van der Waals surface area (Å²) in [6.07, 6.45) is 2.16. The van der Waals surface area contributed by atoms with Crippen LogP contribution in [-0.2, 0) is 0 Å². The van der Waals surface area contributed by atoms with Gasteiger partial charge in [0.05, 0.1) is 6.10 Å². The molecule has 1 saturated carbocycles. The van der Waals surface area contributed by atoms with Gasteiger partial charge in [-0.05, 0) is 25.0 Å². The molecule has 14 heavy (non-hydrogen) atoms. The Bertz CT molecular complexity index is 372. The van der Waals surface area contributed by atoms with Crippen molar-refractivity contribution >= 4 is 11.7 Å². The number of carboxylic acid groups (broad SMARTS) is 1. The quantitative estimate of drug-likeness (QED) is 0.713. The summed E-state index contributed by atoms with van der Waals surface area (Å²) in [5.74, 6) is -0.668. The number of hydrogen-bond donors (Lipinski definition) is 2. The minimum Gasteiger partial charge on any atom is -0.489 e. The summed E-state index contributed by atoms with van der Waals surface area (Å²) < 4.78 is 5.44. The topological polar surface area (TPSA) is 72.5 Å². The van der Waals surface area contributed by atoms with Crippen LogP contribution in [0.15, 0.2) is 18.2 Å². The molecule has 0 amide bonds. The predicted molar refractivity (Wildman–Crippen MR) is 51.5 cm³/mol. The molecule has 1 aromatic carbocycles. The first-order valence-electron chi connectivity index (χ1n) is 4.47. The van der Waals surface area contributed by atoms with E-state index in [2.05, 4.69) is 0 Å². The van der Waals surface area contributed by atoms with Crippen LogP contribution >= 0.6 is 0 Å². The molecule has 74 valence electrons. The van der Waals surface area contributed by atoms with Crippen molar-refractivity contribution in [2.45, 2.75) is 18.9 Å². The third-order valence-corrected chi connectivity index (χ3v) is 2.09. The van der Waals surface area contributed by atoms with Gasteiger partial charge in [-0.3, -0.25) is 0 Å². The van der Waals surface area contributed by atoms with Gasteiger partial charge in [-0.25, -0.2) is 4.79 Å². The Morgan fingerprint density at radius 2 is 2.21 bits per heavy atom. The maximum Gasteiger partial charge on any atom is 0.341 e. The molecule has 4 nitrogen and oxygen atoms in total. The highest BCUT2D eigenvalue weighted by Crippen LogP contribution is 2.31. The highest BCUT2D eigenvalue weighted by molar-refractivity contribution is 5.96. The molecule has 1 aliphatic rings. The van der Waals surface area contributed by atoms with Crippen molar-refractivity contribution in [2.24, 2.45) is 0 Å². The van der Waals surface area contributed by atoms with Gasteiger partial charge in [-0.15, -0.1) is 0 Å². The number of hydrogen-bond acceptors (Lipinski definition) is 3. The number of rotatable bonds is 3. The van der Waals surface area contributed by atoms with Crippen molar-refractivity contribution in [3.63, 3.8) is 0 Å². The summed E-state index contributed by atoms with van der Waals surface area (Å²) in [7, 11) is 0. The molecule has 0 aromatic heterocycles. The second-order valence-electron chi connectivity index (χ2n) is 3.34. The molecular formula is C10H11NO3. The molecule has 1 aliphatic carbocycles. The summed E-state index contributed by atoms with van der Waals surface area (Å²) in [6, 6.07) is 4.89. The van der Waals surface area contributed by atoms with Crippen LogP contribution in [0.3, 0.4) is 0 Å². The van der Waals surface area contributed by atoms with E-state index in [0.29, 0.717) is 5.75 Å². The van der Waals surface area contributed by atoms with Gasteiger partial charge >= 0.3 is 5.97 Å². The lowest BCUT2D eigenvalue weighted by molar-refractivity contribution is 0.0693. The molecule has 1 fully saturated rings. The first-order valence-corrected chi connectivity index (χ1v) is 4.47. The number of carbonyl (C=O) groups is 1. The van der Waals surface area contributed by atoms with Crippen molar-refractivity contribution in [1.82, 2.24) is 0 Å². The summed E-state index contributed by atoms with van der Waals surface area (Å²) >= 11 is 0. The maximum atomic E-state index is 10.9. The Balaban J connectivity index is 2.35. The third kappa shape index (κ3) is 1.64. The lowest BCUT2D eigenvalue weighted by Crippen LogP contribution is -2.07. The monoisotopic (exact) mass is 193 g/mol. The fourth-order valence-corrected chi connectivity index (χ4v) is 1.24. The molecule has 2 rings (SSSR count). The number of benzene rings is 1. The van der Waals surface area contributed by atoms with Crippen molar-refractivity contribution in [3.05, 3.63) is 23.8 Å². The van der Waals surface area contributed by atoms with Gasteiger partial charge in [-0.2, -0.15) is 0 Å². The lowest BCUT2D eigenvalue weighted by atomic mass is 10.1. The first-order chi connectivity index (χ1) is 6.68. The molecule has 0 unspecified atom stereocenters. The number of nitrogen functional groups attached to an aromatic ring is 1. The summed E-state index contributed by atoms with van der Waals surface area (Å²) in [6.45, 7) is 0. The first kappa shape index (κ1) is 8.87. The second kappa shape index (κ2) is 3.21. The van der Waals surface area contributed by atoms with E-state index in [-0.39, 0.29) is 17.4 Å². The van der Waals surface area contributed by atoms with Crippen molar-refractivity contribution in [2.75, 3.05) is 5.73 Å². The Labute approximate surface area is 81.3 Å². The third-order valence-electron chi connectivity index (χ3n) is 2.09. The fraction of sp³-hybridized carbons (Fsp3) is 0.300. The van der Waals surface area contributed by atoms with Gasteiger partial charge in [0.2, 0.25) is 0 Å². The highest BCUT2D eigenvalue weighted by Gasteiger charge is 2.26. The van der Waals surface area contributed by atoms with Crippen LogP contribution < -0.4 is 10.5 Å². The van der Waals surface area contributed by atoms with E-state index < -0.39 is 5.97 Å². The van der Waals surface area contributed by atoms with Crippen LogP contribution in [0.5, 0.6) is 5.75 Å². The number of anilines is 1. The number of nitrogens with two attached hydrogens (primary N) is 1. The molecule has 0 spiro atoms. The Kier molecular flexibility index (Phi) is 2.04. The Morgan fingerprint density at radius 3 is 2.79 bits per heavy atom. The molecule has 4 heteroatoms. The normalized spacial score (nSPS) is 15.1. The smallest absolute Gasteiger partial charge is 0.341 e. The molecule has 3 N–H and O–H groups in total. The average Bonchev–Trinajstić information content (AvgIpc) is 2.87. The van der Waals surface area contributed by atoms with Crippen LogP contribution in [0.4, 0.5) is 5.69 Å². The fourth-order valence-electron chi connectivity index (χ4n) is 1.24. The van der Waals surface area contributed by atoms with Crippen molar-refractivity contribution in [1.29, 1.82) is 0 Å². The van der Waals surface area contributed by atoms with Crippen LogP contribution in [0, 0.1) is 0 Å². The van der Waals surface area contributed by atoms with Crippen LogP contribution in [0.25, 0.3) is 0 Å². The lowest BCUT2D eigenvalue weighted by Gasteiger charge is -2.09. The van der Waals surface area contributed by atoms with Crippen molar-refractivity contribution < 1.29 is 14.6 Å². The molecule has 1 aromatic rings. The number of carboxylic acids is 1. The maximum absolute atomic E-state index is 10.9. The van der Waals surface area contributed by atoms with Crippen LogP contribution in [-0.4, -0.2) is 17.2 Å². The molecule has 0 saturated heterocycles. The van der Waals surface area contributed by atoms with Gasteiger partial charge in [0.25, 0.3) is 0 Å². The molecule has 0 heterocycles. The van der Waals surface area contributed by atoms with E-state index in [4.69, 9.17) is 15.6 Å². The van der Waals surface area contributed by atoms with Gasteiger partial charge in [0.1, 0.15) is 11.3 Å². The minimum absolute atomic E-state index is 0.0689. The van der Waals surface area contributed by atoms with Gasteiger partial charge < -0.3 is 15.6 Å². The van der Waals surface area contributed by atoms with E-state index in [1.165, 1.54) is 0 Å². The zero-order valence-corrected chi connectivity index (χ0v) is 7.56. The molecular weight excluding hydrogens is 182 g/mol. The minimum atomic E-state index is -1.04. The van der Waals surface area contributed by atoms with Gasteiger partial charge in [-0.1, -0.05) is 6.07 Å². The standard InChI is InChI=1S/C10H11NO3/c11-7-2-1-3-8(9(7)10(12)13)14-6-4-5-6/h1-3,6H,4-5,11H2,(H,12,13). The summed E-state index contributed by atoms with van der Waals surface area (Å²) in [5, 5.41) is 8.92. The van der Waals surface area contributed by atoms with E-state index in [0.717, 1.165) is 12.8 Å². The Morgan fingerprint density at radius 1 is 1.50 bits per heavy atom. The highest BCUT2D eigenvalue weighted by atomic mass is 16.5. The van der Waals surface area contributed by atoms with Crippen LogP contribution in [0.1, 0.15) is 23.2 Å². The number of aromatic carboxylic acids is 1. The van der Waals surface area contributed by atoms with E-state index in [1.54, 1.807) is 18.2 Å². The number of ether oxygens (including phenoxy) is 1. The predicted octanol–water partition coefficient (Wildman–Crippen LogP) is 1.51. The van der Waals surface area contributed by atoms with E-state index in [1.807, 2.05) is 0 Å². The molecule has 0 radical (unpaired) electrons.